The minimum Gasteiger partial charge on any atom is -0.396 e. The molecule has 0 aliphatic carbocycles. The molecule has 0 amide bonds. The van der Waals surface area contributed by atoms with Gasteiger partial charge in [0.15, 0.2) is 0 Å². The zero-order valence-electron chi connectivity index (χ0n) is 7.54. The van der Waals surface area contributed by atoms with E-state index in [2.05, 4.69) is 9.97 Å². The third kappa shape index (κ3) is 1.31. The molecule has 68 valence electrons. The van der Waals surface area contributed by atoms with Gasteiger partial charge in [-0.2, -0.15) is 0 Å². The Bertz CT molecular complexity index is 420. The van der Waals surface area contributed by atoms with Crippen LogP contribution in [0.2, 0.25) is 0 Å². The molecule has 0 aliphatic rings. The number of nitrogens with one attached hydrogen (secondary N) is 1. The molecule has 0 atom stereocenters. The molecular weight excluding hydrogens is 164 g/mol. The van der Waals surface area contributed by atoms with E-state index >= 15 is 0 Å². The molecule has 0 fully saturated rings. The number of aryl methyl sites for hydroxylation is 1. The fraction of sp³-hybridized carbons (Fsp3) is 0.300. The van der Waals surface area contributed by atoms with Crippen LogP contribution in [-0.2, 0) is 6.42 Å². The molecule has 3 heteroatoms. The Morgan fingerprint density at radius 1 is 1.54 bits per heavy atom. The number of H-pyrrole nitrogens is 1. The highest BCUT2D eigenvalue weighted by Crippen LogP contribution is 2.20. The Morgan fingerprint density at radius 3 is 3.15 bits per heavy atom. The van der Waals surface area contributed by atoms with E-state index in [0.29, 0.717) is 6.42 Å². The van der Waals surface area contributed by atoms with E-state index in [0.717, 1.165) is 11.2 Å². The second kappa shape index (κ2) is 3.18. The van der Waals surface area contributed by atoms with Crippen molar-refractivity contribution in [3.8, 4) is 0 Å². The summed E-state index contributed by atoms with van der Waals surface area (Å²) in [4.78, 5) is 7.27. The smallest absolute Gasteiger partial charge is 0.0645 e. The van der Waals surface area contributed by atoms with Gasteiger partial charge in [0, 0.05) is 23.9 Å². The normalized spacial score (nSPS) is 10.9. The van der Waals surface area contributed by atoms with Crippen LogP contribution < -0.4 is 0 Å². The van der Waals surface area contributed by atoms with Crippen molar-refractivity contribution in [2.75, 3.05) is 6.61 Å². The van der Waals surface area contributed by atoms with Crippen LogP contribution >= 0.6 is 0 Å². The number of rotatable bonds is 2. The molecule has 2 heterocycles. The van der Waals surface area contributed by atoms with Crippen molar-refractivity contribution in [2.24, 2.45) is 0 Å². The minimum atomic E-state index is 0.191. The SMILES string of the molecule is Cc1[nH]c2cnccc2c1CCO. The summed E-state index contributed by atoms with van der Waals surface area (Å²) in [5.41, 5.74) is 3.36. The Balaban J connectivity index is 2.64. The Hall–Kier alpha value is -1.35. The second-order valence-electron chi connectivity index (χ2n) is 3.12. The number of aromatic nitrogens is 2. The Morgan fingerprint density at radius 2 is 2.38 bits per heavy atom. The summed E-state index contributed by atoms with van der Waals surface area (Å²) in [7, 11) is 0. The largest absolute Gasteiger partial charge is 0.396 e. The molecule has 13 heavy (non-hydrogen) atoms. The topological polar surface area (TPSA) is 48.9 Å². The van der Waals surface area contributed by atoms with Crippen LogP contribution in [0.5, 0.6) is 0 Å². The number of nitrogens with zero attached hydrogens (tertiary/aromatic N) is 1. The number of hydrogen-bond acceptors (Lipinski definition) is 2. The quantitative estimate of drug-likeness (QED) is 0.726. The molecule has 0 unspecified atom stereocenters. The van der Waals surface area contributed by atoms with Gasteiger partial charge in [-0.25, -0.2) is 0 Å². The predicted molar refractivity (Wildman–Crippen MR) is 51.6 cm³/mol. The molecule has 0 saturated carbocycles. The van der Waals surface area contributed by atoms with E-state index < -0.39 is 0 Å². The lowest BCUT2D eigenvalue weighted by Crippen LogP contribution is -1.91. The molecule has 0 saturated heterocycles. The maximum Gasteiger partial charge on any atom is 0.0645 e. The average molecular weight is 176 g/mol. The first-order chi connectivity index (χ1) is 6.33. The van der Waals surface area contributed by atoms with Gasteiger partial charge in [0.05, 0.1) is 11.7 Å². The molecule has 2 rings (SSSR count). The molecule has 2 aromatic rings. The van der Waals surface area contributed by atoms with Crippen LogP contribution in [0.3, 0.4) is 0 Å². The molecule has 0 aliphatic heterocycles. The van der Waals surface area contributed by atoms with Gasteiger partial charge in [-0.1, -0.05) is 0 Å². The highest BCUT2D eigenvalue weighted by Gasteiger charge is 2.06. The fourth-order valence-electron chi connectivity index (χ4n) is 1.67. The summed E-state index contributed by atoms with van der Waals surface area (Å²) < 4.78 is 0. The standard InChI is InChI=1S/C10H12N2O/c1-7-8(3-5-13)9-2-4-11-6-10(9)12-7/h2,4,6,12-13H,3,5H2,1H3. The first kappa shape index (κ1) is 8.26. The summed E-state index contributed by atoms with van der Waals surface area (Å²) >= 11 is 0. The Kier molecular flexibility index (Phi) is 2.02. The number of aliphatic hydroxyl groups excluding tert-OH is 1. The third-order valence-corrected chi connectivity index (χ3v) is 2.28. The number of hydrogen-bond donors (Lipinski definition) is 2. The van der Waals surface area contributed by atoms with Gasteiger partial charge < -0.3 is 10.1 Å². The monoisotopic (exact) mass is 176 g/mol. The van der Waals surface area contributed by atoms with Gasteiger partial charge in [0.1, 0.15) is 0 Å². The molecule has 2 N–H and O–H groups in total. The lowest BCUT2D eigenvalue weighted by Gasteiger charge is -1.96. The predicted octanol–water partition coefficient (Wildman–Crippen LogP) is 1.41. The second-order valence-corrected chi connectivity index (χ2v) is 3.12. The summed E-state index contributed by atoms with van der Waals surface area (Å²) in [6.07, 6.45) is 4.29. The number of aromatic amines is 1. The Labute approximate surface area is 76.4 Å². The third-order valence-electron chi connectivity index (χ3n) is 2.28. The number of fused-ring (bicyclic) bond motifs is 1. The number of pyridine rings is 1. The van der Waals surface area contributed by atoms with Gasteiger partial charge in [0.2, 0.25) is 0 Å². The van der Waals surface area contributed by atoms with Crippen LogP contribution in [0.25, 0.3) is 10.9 Å². The molecule has 0 aromatic carbocycles. The zero-order valence-corrected chi connectivity index (χ0v) is 7.54. The van der Waals surface area contributed by atoms with Crippen LogP contribution in [-0.4, -0.2) is 21.7 Å². The van der Waals surface area contributed by atoms with E-state index in [4.69, 9.17) is 5.11 Å². The lowest BCUT2D eigenvalue weighted by atomic mass is 10.1. The van der Waals surface area contributed by atoms with Crippen molar-refractivity contribution in [1.29, 1.82) is 0 Å². The van der Waals surface area contributed by atoms with E-state index in [1.807, 2.05) is 19.2 Å². The van der Waals surface area contributed by atoms with Crippen molar-refractivity contribution in [1.82, 2.24) is 9.97 Å². The van der Waals surface area contributed by atoms with Crippen LogP contribution in [0.1, 0.15) is 11.3 Å². The van der Waals surface area contributed by atoms with Gasteiger partial charge in [-0.3, -0.25) is 4.98 Å². The van der Waals surface area contributed by atoms with Gasteiger partial charge in [0.25, 0.3) is 0 Å². The first-order valence-corrected chi connectivity index (χ1v) is 4.35. The van der Waals surface area contributed by atoms with Crippen molar-refractivity contribution >= 4 is 10.9 Å². The van der Waals surface area contributed by atoms with Gasteiger partial charge >= 0.3 is 0 Å². The summed E-state index contributed by atoms with van der Waals surface area (Å²) in [5.74, 6) is 0. The van der Waals surface area contributed by atoms with Gasteiger partial charge in [-0.15, -0.1) is 0 Å². The molecule has 0 spiro atoms. The van der Waals surface area contributed by atoms with Crippen molar-refractivity contribution < 1.29 is 5.11 Å². The highest BCUT2D eigenvalue weighted by molar-refractivity contribution is 5.83. The van der Waals surface area contributed by atoms with Gasteiger partial charge in [-0.05, 0) is 25.0 Å². The van der Waals surface area contributed by atoms with Crippen LogP contribution in [0, 0.1) is 6.92 Å². The molecule has 3 nitrogen and oxygen atoms in total. The molecular formula is C10H12N2O. The molecule has 2 aromatic heterocycles. The summed E-state index contributed by atoms with van der Waals surface area (Å²) in [6.45, 7) is 2.21. The first-order valence-electron chi connectivity index (χ1n) is 4.35. The average Bonchev–Trinajstić information content (AvgIpc) is 2.44. The van der Waals surface area contributed by atoms with E-state index in [1.165, 1.54) is 10.9 Å². The number of aliphatic hydroxyl groups is 1. The lowest BCUT2D eigenvalue weighted by molar-refractivity contribution is 0.300. The summed E-state index contributed by atoms with van der Waals surface area (Å²) in [6, 6.07) is 1.98. The van der Waals surface area contributed by atoms with E-state index in [1.54, 1.807) is 6.20 Å². The minimum absolute atomic E-state index is 0.191. The van der Waals surface area contributed by atoms with Crippen molar-refractivity contribution in [3.63, 3.8) is 0 Å². The van der Waals surface area contributed by atoms with Crippen molar-refractivity contribution in [2.45, 2.75) is 13.3 Å². The summed E-state index contributed by atoms with van der Waals surface area (Å²) in [5, 5.41) is 10.1. The van der Waals surface area contributed by atoms with Crippen LogP contribution in [0.4, 0.5) is 0 Å². The molecule has 0 bridgehead atoms. The fourth-order valence-corrected chi connectivity index (χ4v) is 1.67. The highest BCUT2D eigenvalue weighted by atomic mass is 16.2. The van der Waals surface area contributed by atoms with E-state index in [9.17, 15) is 0 Å². The zero-order chi connectivity index (χ0) is 9.26. The molecule has 0 radical (unpaired) electrons. The van der Waals surface area contributed by atoms with Crippen molar-refractivity contribution in [3.05, 3.63) is 29.7 Å². The van der Waals surface area contributed by atoms with E-state index in [-0.39, 0.29) is 6.61 Å². The van der Waals surface area contributed by atoms with Crippen LogP contribution in [0.15, 0.2) is 18.5 Å². The maximum atomic E-state index is 8.89. The maximum absolute atomic E-state index is 8.89.